The highest BCUT2D eigenvalue weighted by Gasteiger charge is 2.20. The third-order valence-electron chi connectivity index (χ3n) is 3.40. The summed E-state index contributed by atoms with van der Waals surface area (Å²) >= 11 is 0. The predicted octanol–water partition coefficient (Wildman–Crippen LogP) is 3.32. The van der Waals surface area contributed by atoms with Gasteiger partial charge in [0.25, 0.3) is 0 Å². The minimum absolute atomic E-state index is 0.0969. The van der Waals surface area contributed by atoms with Crippen molar-refractivity contribution in [3.63, 3.8) is 0 Å². The van der Waals surface area contributed by atoms with Crippen molar-refractivity contribution in [3.05, 3.63) is 36.4 Å². The molecule has 0 aliphatic carbocycles. The maximum atomic E-state index is 12.5. The molecule has 0 spiro atoms. The second kappa shape index (κ2) is 6.45. The molecule has 0 saturated carbocycles. The molecule has 1 N–H and O–H groups in total. The molecule has 0 aliphatic rings. The van der Waals surface area contributed by atoms with Crippen LogP contribution in [0.3, 0.4) is 0 Å². The van der Waals surface area contributed by atoms with E-state index in [1.165, 1.54) is 0 Å². The van der Waals surface area contributed by atoms with Gasteiger partial charge >= 0.3 is 0 Å². The Morgan fingerprint density at radius 3 is 2.38 bits per heavy atom. The molecule has 0 saturated heterocycles. The van der Waals surface area contributed by atoms with E-state index < -0.39 is 10.0 Å². The lowest BCUT2D eigenvalue weighted by atomic mass is 10.1. The number of hydrogen-bond acceptors (Lipinski definition) is 3. The van der Waals surface area contributed by atoms with Gasteiger partial charge in [-0.2, -0.15) is 0 Å². The van der Waals surface area contributed by atoms with Gasteiger partial charge in [-0.3, -0.25) is 0 Å². The molecule has 0 aliphatic heterocycles. The van der Waals surface area contributed by atoms with E-state index in [0.29, 0.717) is 22.6 Å². The predicted molar refractivity (Wildman–Crippen MR) is 85.2 cm³/mol. The summed E-state index contributed by atoms with van der Waals surface area (Å²) in [7, 11) is -3.54. The number of rotatable bonds is 6. The van der Waals surface area contributed by atoms with Crippen LogP contribution in [0, 0.1) is 0 Å². The van der Waals surface area contributed by atoms with Crippen LogP contribution in [0.25, 0.3) is 10.8 Å². The van der Waals surface area contributed by atoms with E-state index in [2.05, 4.69) is 4.72 Å². The molecule has 0 radical (unpaired) electrons. The fraction of sp³-hybridized carbons (Fsp3) is 0.375. The van der Waals surface area contributed by atoms with Crippen molar-refractivity contribution < 1.29 is 13.2 Å². The van der Waals surface area contributed by atoms with Gasteiger partial charge in [-0.25, -0.2) is 13.1 Å². The molecule has 2 aromatic carbocycles. The standard InChI is InChI=1S/C16H21NO3S/c1-4-12(3)17-21(18,19)16-11-10-15(20-5-2)13-8-6-7-9-14(13)16/h6-12,17H,4-5H2,1-3H3/t12-/m0/s1. The molecular weight excluding hydrogens is 286 g/mol. The molecule has 0 amide bonds. The minimum Gasteiger partial charge on any atom is -0.493 e. The molecule has 2 aromatic rings. The number of benzene rings is 2. The van der Waals surface area contributed by atoms with Crippen LogP contribution in [0.15, 0.2) is 41.3 Å². The second-order valence-corrected chi connectivity index (χ2v) is 6.65. The Morgan fingerprint density at radius 1 is 1.10 bits per heavy atom. The average Bonchev–Trinajstić information content (AvgIpc) is 2.47. The first-order valence-corrected chi connectivity index (χ1v) is 8.64. The Morgan fingerprint density at radius 2 is 1.76 bits per heavy atom. The summed E-state index contributed by atoms with van der Waals surface area (Å²) in [6, 6.07) is 10.6. The van der Waals surface area contributed by atoms with Crippen LogP contribution in [0.1, 0.15) is 27.2 Å². The van der Waals surface area contributed by atoms with Crippen LogP contribution in [0.2, 0.25) is 0 Å². The van der Waals surface area contributed by atoms with Crippen molar-refractivity contribution in [3.8, 4) is 5.75 Å². The van der Waals surface area contributed by atoms with Crippen LogP contribution < -0.4 is 9.46 Å². The van der Waals surface area contributed by atoms with Gasteiger partial charge in [0, 0.05) is 16.8 Å². The Kier molecular flexibility index (Phi) is 4.85. The van der Waals surface area contributed by atoms with E-state index in [4.69, 9.17) is 4.74 Å². The third kappa shape index (κ3) is 3.36. The Balaban J connectivity index is 2.58. The van der Waals surface area contributed by atoms with E-state index in [1.807, 2.05) is 45.0 Å². The summed E-state index contributed by atoms with van der Waals surface area (Å²) in [5, 5.41) is 1.49. The van der Waals surface area contributed by atoms with Gasteiger partial charge < -0.3 is 4.74 Å². The van der Waals surface area contributed by atoms with Crippen molar-refractivity contribution in [2.24, 2.45) is 0 Å². The zero-order valence-corrected chi connectivity index (χ0v) is 13.4. The number of nitrogens with one attached hydrogen (secondary N) is 1. The Hall–Kier alpha value is -1.59. The van der Waals surface area contributed by atoms with Crippen LogP contribution >= 0.6 is 0 Å². The van der Waals surface area contributed by atoms with Gasteiger partial charge in [0.1, 0.15) is 5.75 Å². The van der Waals surface area contributed by atoms with Crippen LogP contribution in [-0.4, -0.2) is 21.1 Å². The van der Waals surface area contributed by atoms with Crippen LogP contribution in [-0.2, 0) is 10.0 Å². The summed E-state index contributed by atoms with van der Waals surface area (Å²) in [5.41, 5.74) is 0. The molecule has 114 valence electrons. The highest BCUT2D eigenvalue weighted by atomic mass is 32.2. The molecule has 1 atom stereocenters. The SMILES string of the molecule is CCOc1ccc(S(=O)(=O)N[C@@H](C)CC)c2ccccc12. The first kappa shape index (κ1) is 15.8. The van der Waals surface area contributed by atoms with Gasteiger partial charge in [0.2, 0.25) is 10.0 Å². The Bertz CT molecular complexity index is 725. The number of hydrogen-bond donors (Lipinski definition) is 1. The molecule has 4 nitrogen and oxygen atoms in total. The van der Waals surface area contributed by atoms with Crippen molar-refractivity contribution in [2.75, 3.05) is 6.61 Å². The molecular formula is C16H21NO3S. The summed E-state index contributed by atoms with van der Waals surface area (Å²) in [6.07, 6.45) is 0.744. The van der Waals surface area contributed by atoms with E-state index in [1.54, 1.807) is 12.1 Å². The van der Waals surface area contributed by atoms with E-state index in [-0.39, 0.29) is 6.04 Å². The number of sulfonamides is 1. The maximum Gasteiger partial charge on any atom is 0.241 e. The third-order valence-corrected chi connectivity index (χ3v) is 5.05. The van der Waals surface area contributed by atoms with E-state index >= 15 is 0 Å². The topological polar surface area (TPSA) is 55.4 Å². The fourth-order valence-electron chi connectivity index (χ4n) is 2.17. The molecule has 0 heterocycles. The van der Waals surface area contributed by atoms with Crippen LogP contribution in [0.5, 0.6) is 5.75 Å². The maximum absolute atomic E-state index is 12.5. The molecule has 21 heavy (non-hydrogen) atoms. The fourth-order valence-corrected chi connectivity index (χ4v) is 3.71. The average molecular weight is 307 g/mol. The van der Waals surface area contributed by atoms with Crippen molar-refractivity contribution in [2.45, 2.75) is 38.1 Å². The molecule has 0 unspecified atom stereocenters. The monoisotopic (exact) mass is 307 g/mol. The molecule has 5 heteroatoms. The van der Waals surface area contributed by atoms with Crippen molar-refractivity contribution in [1.82, 2.24) is 4.72 Å². The highest BCUT2D eigenvalue weighted by Crippen LogP contribution is 2.31. The number of ether oxygens (including phenoxy) is 1. The van der Waals surface area contributed by atoms with Crippen molar-refractivity contribution >= 4 is 20.8 Å². The summed E-state index contributed by atoms with van der Waals surface area (Å²) in [6.45, 7) is 6.25. The number of fused-ring (bicyclic) bond motifs is 1. The lowest BCUT2D eigenvalue weighted by Crippen LogP contribution is -2.32. The Labute approximate surface area is 126 Å². The van der Waals surface area contributed by atoms with Gasteiger partial charge in [0.15, 0.2) is 0 Å². The normalized spacial score (nSPS) is 13.3. The highest BCUT2D eigenvalue weighted by molar-refractivity contribution is 7.89. The second-order valence-electron chi connectivity index (χ2n) is 4.97. The first-order valence-electron chi connectivity index (χ1n) is 7.16. The smallest absolute Gasteiger partial charge is 0.241 e. The molecule has 0 aromatic heterocycles. The quantitative estimate of drug-likeness (QED) is 0.890. The lowest BCUT2D eigenvalue weighted by Gasteiger charge is -2.15. The van der Waals surface area contributed by atoms with E-state index in [9.17, 15) is 8.42 Å². The molecule has 0 fully saturated rings. The van der Waals surface area contributed by atoms with E-state index in [0.717, 1.165) is 11.8 Å². The molecule has 0 bridgehead atoms. The summed E-state index contributed by atoms with van der Waals surface area (Å²) in [4.78, 5) is 0.293. The largest absolute Gasteiger partial charge is 0.493 e. The molecule has 2 rings (SSSR count). The van der Waals surface area contributed by atoms with Gasteiger partial charge in [-0.05, 0) is 32.4 Å². The summed E-state index contributed by atoms with van der Waals surface area (Å²) in [5.74, 6) is 0.704. The van der Waals surface area contributed by atoms with Crippen molar-refractivity contribution in [1.29, 1.82) is 0 Å². The first-order chi connectivity index (χ1) is 9.99. The zero-order chi connectivity index (χ0) is 15.5. The van der Waals surface area contributed by atoms with Gasteiger partial charge in [-0.1, -0.05) is 31.2 Å². The van der Waals surface area contributed by atoms with Gasteiger partial charge in [0.05, 0.1) is 11.5 Å². The van der Waals surface area contributed by atoms with Gasteiger partial charge in [-0.15, -0.1) is 0 Å². The lowest BCUT2D eigenvalue weighted by molar-refractivity contribution is 0.344. The zero-order valence-electron chi connectivity index (χ0n) is 12.6. The minimum atomic E-state index is -3.54. The summed E-state index contributed by atoms with van der Waals surface area (Å²) < 4.78 is 33.3. The van der Waals surface area contributed by atoms with Crippen LogP contribution in [0.4, 0.5) is 0 Å².